The van der Waals surface area contributed by atoms with Crippen LogP contribution in [0.3, 0.4) is 0 Å². The highest BCUT2D eigenvalue weighted by Gasteiger charge is 2.23. The van der Waals surface area contributed by atoms with Gasteiger partial charge < -0.3 is 15.6 Å². The van der Waals surface area contributed by atoms with Crippen LogP contribution in [-0.4, -0.2) is 32.9 Å². The zero-order valence-electron chi connectivity index (χ0n) is 9.38. The Kier molecular flexibility index (Phi) is 3.74. The van der Waals surface area contributed by atoms with Gasteiger partial charge in [-0.1, -0.05) is 6.07 Å². The third kappa shape index (κ3) is 2.95. The summed E-state index contributed by atoms with van der Waals surface area (Å²) in [5.41, 5.74) is 5.46. The molecule has 1 rings (SSSR count). The van der Waals surface area contributed by atoms with Crippen LogP contribution in [0.2, 0.25) is 0 Å². The summed E-state index contributed by atoms with van der Waals surface area (Å²) >= 11 is 0. The molecule has 0 spiro atoms. The van der Waals surface area contributed by atoms with Gasteiger partial charge in [0.1, 0.15) is 11.8 Å². The summed E-state index contributed by atoms with van der Waals surface area (Å²) in [5, 5.41) is 8.80. The van der Waals surface area contributed by atoms with E-state index in [1.807, 2.05) is 0 Å². The first-order valence-electron chi connectivity index (χ1n) is 4.63. The van der Waals surface area contributed by atoms with E-state index in [-0.39, 0.29) is 10.5 Å². The maximum atomic E-state index is 11.5. The maximum absolute atomic E-state index is 11.5. The van der Waals surface area contributed by atoms with Crippen molar-refractivity contribution in [2.45, 2.75) is 10.9 Å². The highest BCUT2D eigenvalue weighted by molar-refractivity contribution is 7.90. The summed E-state index contributed by atoms with van der Waals surface area (Å²) in [6.07, 6.45) is 0.986. The molecule has 1 atom stereocenters. The van der Waals surface area contributed by atoms with Crippen molar-refractivity contribution < 1.29 is 23.1 Å². The number of sulfone groups is 1. The quantitative estimate of drug-likeness (QED) is 0.799. The predicted molar refractivity (Wildman–Crippen MR) is 60.7 cm³/mol. The number of carboxylic acids is 1. The summed E-state index contributed by atoms with van der Waals surface area (Å²) in [6.45, 7) is 0. The Balaban J connectivity index is 3.46. The van der Waals surface area contributed by atoms with Crippen LogP contribution >= 0.6 is 0 Å². The van der Waals surface area contributed by atoms with Crippen molar-refractivity contribution in [3.8, 4) is 5.75 Å². The van der Waals surface area contributed by atoms with Crippen LogP contribution in [0.15, 0.2) is 23.1 Å². The van der Waals surface area contributed by atoms with Gasteiger partial charge in [-0.15, -0.1) is 0 Å². The van der Waals surface area contributed by atoms with Gasteiger partial charge in [0.05, 0.1) is 12.0 Å². The van der Waals surface area contributed by atoms with Crippen LogP contribution in [0.1, 0.15) is 11.6 Å². The van der Waals surface area contributed by atoms with E-state index in [4.69, 9.17) is 15.6 Å². The van der Waals surface area contributed by atoms with Gasteiger partial charge in [-0.05, 0) is 17.7 Å². The molecule has 1 aromatic rings. The molecule has 0 aliphatic rings. The first-order chi connectivity index (χ1) is 7.77. The van der Waals surface area contributed by atoms with Crippen LogP contribution in [0.4, 0.5) is 0 Å². The second-order valence-electron chi connectivity index (χ2n) is 3.49. The van der Waals surface area contributed by atoms with Crippen molar-refractivity contribution in [3.05, 3.63) is 23.8 Å². The molecule has 7 heteroatoms. The number of hydrogen-bond acceptors (Lipinski definition) is 5. The fourth-order valence-electron chi connectivity index (χ4n) is 1.35. The van der Waals surface area contributed by atoms with Gasteiger partial charge in [-0.2, -0.15) is 0 Å². The number of aliphatic carboxylic acids is 1. The average Bonchev–Trinajstić information content (AvgIpc) is 2.26. The minimum atomic E-state index is -3.57. The molecule has 0 saturated carbocycles. The van der Waals surface area contributed by atoms with Crippen molar-refractivity contribution >= 4 is 15.8 Å². The van der Waals surface area contributed by atoms with Gasteiger partial charge in [-0.25, -0.2) is 8.42 Å². The number of methoxy groups -OCH3 is 1. The molecule has 3 N–H and O–H groups in total. The first kappa shape index (κ1) is 13.5. The Morgan fingerprint density at radius 2 is 2.06 bits per heavy atom. The highest BCUT2D eigenvalue weighted by atomic mass is 32.2. The van der Waals surface area contributed by atoms with Crippen molar-refractivity contribution in [3.63, 3.8) is 0 Å². The van der Waals surface area contributed by atoms with Gasteiger partial charge in [0, 0.05) is 6.26 Å². The number of carboxylic acid groups (broad SMARTS) is 1. The summed E-state index contributed by atoms with van der Waals surface area (Å²) in [4.78, 5) is 10.6. The van der Waals surface area contributed by atoms with Crippen molar-refractivity contribution in [2.75, 3.05) is 13.4 Å². The topological polar surface area (TPSA) is 107 Å². The average molecular weight is 259 g/mol. The molecule has 6 nitrogen and oxygen atoms in total. The standard InChI is InChI=1S/C10H13NO5S/c1-16-6-3-4-7(9(11)10(12)13)8(5-6)17(2,14)15/h3-5,9H,11H2,1-2H3,(H,12,13). The van der Waals surface area contributed by atoms with E-state index in [9.17, 15) is 13.2 Å². The highest BCUT2D eigenvalue weighted by Crippen LogP contribution is 2.26. The van der Waals surface area contributed by atoms with Gasteiger partial charge in [0.15, 0.2) is 9.84 Å². The fourth-order valence-corrected chi connectivity index (χ4v) is 2.31. The van der Waals surface area contributed by atoms with Crippen LogP contribution in [-0.2, 0) is 14.6 Å². The minimum absolute atomic E-state index is 0.0424. The van der Waals surface area contributed by atoms with E-state index >= 15 is 0 Å². The lowest BCUT2D eigenvalue weighted by Gasteiger charge is -2.13. The third-order valence-electron chi connectivity index (χ3n) is 2.22. The number of ether oxygens (including phenoxy) is 1. The summed E-state index contributed by atoms with van der Waals surface area (Å²) in [6, 6.07) is 2.68. The summed E-state index contributed by atoms with van der Waals surface area (Å²) < 4.78 is 28.0. The molecule has 1 aromatic carbocycles. The molecule has 0 fully saturated rings. The van der Waals surface area contributed by atoms with E-state index in [2.05, 4.69) is 0 Å². The second-order valence-corrected chi connectivity index (χ2v) is 5.48. The lowest BCUT2D eigenvalue weighted by atomic mass is 10.1. The Morgan fingerprint density at radius 1 is 1.47 bits per heavy atom. The molecular formula is C10H13NO5S. The number of benzene rings is 1. The fraction of sp³-hybridized carbons (Fsp3) is 0.300. The second kappa shape index (κ2) is 4.72. The third-order valence-corrected chi connectivity index (χ3v) is 3.37. The number of hydrogen-bond donors (Lipinski definition) is 2. The van der Waals surface area contributed by atoms with E-state index < -0.39 is 21.8 Å². The SMILES string of the molecule is COc1ccc(C(N)C(=O)O)c(S(C)(=O)=O)c1. The first-order valence-corrected chi connectivity index (χ1v) is 6.53. The van der Waals surface area contributed by atoms with Crippen LogP contribution in [0, 0.1) is 0 Å². The van der Waals surface area contributed by atoms with Gasteiger partial charge in [-0.3, -0.25) is 4.79 Å². The molecule has 17 heavy (non-hydrogen) atoms. The Morgan fingerprint density at radius 3 is 2.47 bits per heavy atom. The molecular weight excluding hydrogens is 246 g/mol. The predicted octanol–water partition coefficient (Wildman–Crippen LogP) is 0.183. The Labute approximate surface area is 98.9 Å². The lowest BCUT2D eigenvalue weighted by molar-refractivity contribution is -0.138. The zero-order chi connectivity index (χ0) is 13.2. The molecule has 94 valence electrons. The summed E-state index contributed by atoms with van der Waals surface area (Å²) in [7, 11) is -2.18. The Hall–Kier alpha value is -1.60. The van der Waals surface area contributed by atoms with Crippen LogP contribution in [0.5, 0.6) is 5.75 Å². The normalized spacial score (nSPS) is 13.1. The van der Waals surface area contributed by atoms with Crippen molar-refractivity contribution in [2.24, 2.45) is 5.73 Å². The largest absolute Gasteiger partial charge is 0.497 e. The maximum Gasteiger partial charge on any atom is 0.325 e. The summed E-state index contributed by atoms with van der Waals surface area (Å²) in [5.74, 6) is -0.966. The molecule has 0 aliphatic heterocycles. The van der Waals surface area contributed by atoms with Crippen molar-refractivity contribution in [1.82, 2.24) is 0 Å². The molecule has 1 unspecified atom stereocenters. The van der Waals surface area contributed by atoms with Gasteiger partial charge in [0.2, 0.25) is 0 Å². The molecule has 0 amide bonds. The van der Waals surface area contributed by atoms with E-state index in [0.717, 1.165) is 6.26 Å². The molecule has 0 saturated heterocycles. The minimum Gasteiger partial charge on any atom is -0.497 e. The zero-order valence-corrected chi connectivity index (χ0v) is 10.2. The molecule has 0 radical (unpaired) electrons. The molecule has 0 aromatic heterocycles. The van der Waals surface area contributed by atoms with Crippen molar-refractivity contribution in [1.29, 1.82) is 0 Å². The Bertz CT molecular complexity index is 538. The smallest absolute Gasteiger partial charge is 0.325 e. The van der Waals surface area contributed by atoms with Gasteiger partial charge in [0.25, 0.3) is 0 Å². The molecule has 0 bridgehead atoms. The molecule has 0 heterocycles. The number of carbonyl (C=O) groups is 1. The number of nitrogens with two attached hydrogens (primary N) is 1. The van der Waals surface area contributed by atoms with E-state index in [0.29, 0.717) is 5.75 Å². The van der Waals surface area contributed by atoms with Crippen LogP contribution < -0.4 is 10.5 Å². The number of rotatable bonds is 4. The van der Waals surface area contributed by atoms with E-state index in [1.165, 1.54) is 25.3 Å². The monoisotopic (exact) mass is 259 g/mol. The lowest BCUT2D eigenvalue weighted by Crippen LogP contribution is -2.23. The molecule has 0 aliphatic carbocycles. The van der Waals surface area contributed by atoms with E-state index in [1.54, 1.807) is 0 Å². The van der Waals surface area contributed by atoms with Gasteiger partial charge >= 0.3 is 5.97 Å². The van der Waals surface area contributed by atoms with Crippen LogP contribution in [0.25, 0.3) is 0 Å².